The molecule has 1 saturated heterocycles. The molecule has 0 saturated carbocycles. The summed E-state index contributed by atoms with van der Waals surface area (Å²) >= 11 is 11.9. The van der Waals surface area contributed by atoms with Crippen LogP contribution in [0.1, 0.15) is 18.0 Å². The van der Waals surface area contributed by atoms with Gasteiger partial charge in [-0.2, -0.15) is 0 Å². The summed E-state index contributed by atoms with van der Waals surface area (Å²) in [7, 11) is 0. The Morgan fingerprint density at radius 1 is 1.12 bits per heavy atom. The maximum atomic E-state index is 12.4. The van der Waals surface area contributed by atoms with Crippen molar-refractivity contribution in [2.45, 2.75) is 18.9 Å². The van der Waals surface area contributed by atoms with Crippen LogP contribution >= 0.6 is 23.2 Å². The number of carbonyl (C=O) groups excluding carboxylic acids is 1. The van der Waals surface area contributed by atoms with E-state index >= 15 is 0 Å². The largest absolute Gasteiger partial charge is 0.325 e. The molecule has 2 aliphatic rings. The Labute approximate surface area is 161 Å². The van der Waals surface area contributed by atoms with Crippen LogP contribution in [-0.2, 0) is 11.3 Å². The monoisotopic (exact) mass is 391 g/mol. The van der Waals surface area contributed by atoms with E-state index < -0.39 is 0 Å². The third kappa shape index (κ3) is 3.52. The van der Waals surface area contributed by atoms with E-state index in [-0.39, 0.29) is 11.5 Å². The Kier molecular flexibility index (Phi) is 4.78. The summed E-state index contributed by atoms with van der Waals surface area (Å²) in [5.74, 6) is 0.627. The van der Waals surface area contributed by atoms with Crippen molar-refractivity contribution in [1.29, 1.82) is 0 Å². The van der Waals surface area contributed by atoms with Gasteiger partial charge in [0, 0.05) is 43.0 Å². The number of hydrogen-bond acceptors (Lipinski definition) is 3. The van der Waals surface area contributed by atoms with Crippen LogP contribution in [0.2, 0.25) is 10.0 Å². The first-order valence-corrected chi connectivity index (χ1v) is 9.42. The molecule has 1 N–H and O–H groups in total. The number of carbonyl (C=O) groups is 1. The number of aromatic nitrogens is 1. The summed E-state index contributed by atoms with van der Waals surface area (Å²) in [5, 5.41) is 3.75. The van der Waals surface area contributed by atoms with Crippen molar-refractivity contribution >= 4 is 34.8 Å². The molecule has 1 amide bonds. The Hall–Kier alpha value is -1.82. The highest BCUT2D eigenvalue weighted by atomic mass is 35.5. The van der Waals surface area contributed by atoms with Gasteiger partial charge < -0.3 is 9.88 Å². The van der Waals surface area contributed by atoms with Crippen molar-refractivity contribution in [3.8, 4) is 0 Å². The van der Waals surface area contributed by atoms with Crippen molar-refractivity contribution in [3.63, 3.8) is 0 Å². The number of benzene rings is 1. The molecular formula is C19H19Cl2N3O2. The molecule has 5 nitrogen and oxygen atoms in total. The zero-order chi connectivity index (χ0) is 18.3. The van der Waals surface area contributed by atoms with Crippen LogP contribution in [0.4, 0.5) is 5.69 Å². The molecule has 0 radical (unpaired) electrons. The third-order valence-electron chi connectivity index (χ3n) is 5.13. The highest BCUT2D eigenvalue weighted by Crippen LogP contribution is 2.34. The third-order valence-corrected chi connectivity index (χ3v) is 5.86. The van der Waals surface area contributed by atoms with Crippen molar-refractivity contribution in [2.75, 3.05) is 25.0 Å². The second-order valence-electron chi connectivity index (χ2n) is 7.07. The van der Waals surface area contributed by atoms with Gasteiger partial charge >= 0.3 is 0 Å². The molecule has 4 rings (SSSR count). The second kappa shape index (κ2) is 7.06. The van der Waals surface area contributed by atoms with E-state index in [9.17, 15) is 9.59 Å². The Bertz CT molecular complexity index is 912. The summed E-state index contributed by atoms with van der Waals surface area (Å²) in [4.78, 5) is 26.7. The minimum absolute atomic E-state index is 0.0722. The lowest BCUT2D eigenvalue weighted by atomic mass is 9.83. The summed E-state index contributed by atoms with van der Waals surface area (Å²) < 4.78 is 1.89. The molecule has 1 fully saturated rings. The minimum Gasteiger partial charge on any atom is -0.325 e. The van der Waals surface area contributed by atoms with Crippen molar-refractivity contribution in [1.82, 2.24) is 9.47 Å². The SMILES string of the molecule is O=C(CN1C[C@@H]2C[C@H](C1)c1cccc(=O)n1C2)Nc1ccc(Cl)c(Cl)c1. The number of hydrogen-bond donors (Lipinski definition) is 1. The van der Waals surface area contributed by atoms with E-state index in [1.807, 2.05) is 16.7 Å². The van der Waals surface area contributed by atoms with E-state index in [1.165, 1.54) is 0 Å². The molecule has 2 aromatic rings. The molecule has 136 valence electrons. The number of halogens is 2. The standard InChI is InChI=1S/C19H19Cl2N3O2/c20-15-5-4-14(7-16(15)21)22-18(25)11-23-8-12-6-13(10-23)17-2-1-3-19(26)24(17)9-12/h1-5,7,12-13H,6,8-11H2,(H,22,25)/t12-,13+/m0/s1. The number of nitrogens with zero attached hydrogens (tertiary/aromatic N) is 2. The number of likely N-dealkylation sites (tertiary alicyclic amines) is 1. The first kappa shape index (κ1) is 17.6. The Balaban J connectivity index is 1.43. The molecular weight excluding hydrogens is 373 g/mol. The smallest absolute Gasteiger partial charge is 0.250 e. The molecule has 3 heterocycles. The molecule has 1 aromatic heterocycles. The summed E-state index contributed by atoms with van der Waals surface area (Å²) in [6.07, 6.45) is 1.08. The maximum Gasteiger partial charge on any atom is 0.250 e. The topological polar surface area (TPSA) is 54.3 Å². The molecule has 0 aliphatic carbocycles. The number of anilines is 1. The zero-order valence-corrected chi connectivity index (χ0v) is 15.6. The van der Waals surface area contributed by atoms with Crippen LogP contribution in [0.15, 0.2) is 41.2 Å². The molecule has 2 atom stereocenters. The predicted octanol–water partition coefficient (Wildman–Crippen LogP) is 3.21. The lowest BCUT2D eigenvalue weighted by Gasteiger charge is -2.42. The van der Waals surface area contributed by atoms with Gasteiger partial charge in [0.05, 0.1) is 16.6 Å². The van der Waals surface area contributed by atoms with Crippen LogP contribution in [0, 0.1) is 5.92 Å². The summed E-state index contributed by atoms with van der Waals surface area (Å²) in [6.45, 7) is 2.67. The zero-order valence-electron chi connectivity index (χ0n) is 14.1. The van der Waals surface area contributed by atoms with Gasteiger partial charge in [0.15, 0.2) is 0 Å². The second-order valence-corrected chi connectivity index (χ2v) is 7.88. The number of nitrogens with one attached hydrogen (secondary N) is 1. The fourth-order valence-corrected chi connectivity index (χ4v) is 4.40. The van der Waals surface area contributed by atoms with Crippen molar-refractivity contribution < 1.29 is 4.79 Å². The molecule has 2 bridgehead atoms. The fraction of sp³-hybridized carbons (Fsp3) is 0.368. The maximum absolute atomic E-state index is 12.4. The Morgan fingerprint density at radius 3 is 2.77 bits per heavy atom. The first-order valence-electron chi connectivity index (χ1n) is 8.66. The van der Waals surface area contributed by atoms with Crippen molar-refractivity contribution in [2.24, 2.45) is 5.92 Å². The molecule has 26 heavy (non-hydrogen) atoms. The minimum atomic E-state index is -0.0752. The molecule has 0 unspecified atom stereocenters. The van der Waals surface area contributed by atoms with E-state index in [4.69, 9.17) is 23.2 Å². The molecule has 7 heteroatoms. The van der Waals surface area contributed by atoms with E-state index in [1.54, 1.807) is 24.3 Å². The van der Waals surface area contributed by atoms with E-state index in [0.29, 0.717) is 34.1 Å². The molecule has 1 aromatic carbocycles. The van der Waals surface area contributed by atoms with Gasteiger partial charge in [-0.1, -0.05) is 29.3 Å². The van der Waals surface area contributed by atoms with Gasteiger partial charge in [-0.3, -0.25) is 14.5 Å². The normalized spacial score (nSPS) is 21.9. The first-order chi connectivity index (χ1) is 12.5. The Morgan fingerprint density at radius 2 is 1.96 bits per heavy atom. The average molecular weight is 392 g/mol. The number of rotatable bonds is 3. The van der Waals surface area contributed by atoms with Crippen molar-refractivity contribution in [3.05, 3.63) is 62.5 Å². The van der Waals surface area contributed by atoms with E-state index in [0.717, 1.165) is 31.7 Å². The highest BCUT2D eigenvalue weighted by molar-refractivity contribution is 6.42. The summed E-state index contributed by atoms with van der Waals surface area (Å²) in [6, 6.07) is 10.5. The summed E-state index contributed by atoms with van der Waals surface area (Å²) in [5.41, 5.74) is 1.80. The highest BCUT2D eigenvalue weighted by Gasteiger charge is 2.34. The number of pyridine rings is 1. The van der Waals surface area contributed by atoms with Crippen LogP contribution in [-0.4, -0.2) is 35.0 Å². The van der Waals surface area contributed by atoms with Gasteiger partial charge in [-0.15, -0.1) is 0 Å². The van der Waals surface area contributed by atoms with Gasteiger partial charge in [0.1, 0.15) is 0 Å². The number of amides is 1. The van der Waals surface area contributed by atoms with Gasteiger partial charge in [-0.05, 0) is 36.6 Å². The van der Waals surface area contributed by atoms with Gasteiger partial charge in [0.25, 0.3) is 5.56 Å². The van der Waals surface area contributed by atoms with Crippen LogP contribution in [0.3, 0.4) is 0 Å². The molecule has 2 aliphatic heterocycles. The van der Waals surface area contributed by atoms with Gasteiger partial charge in [-0.25, -0.2) is 0 Å². The fourth-order valence-electron chi connectivity index (χ4n) is 4.10. The quantitative estimate of drug-likeness (QED) is 0.873. The lowest BCUT2D eigenvalue weighted by Crippen LogP contribution is -2.49. The number of fused-ring (bicyclic) bond motifs is 4. The predicted molar refractivity (Wildman–Crippen MR) is 103 cm³/mol. The van der Waals surface area contributed by atoms with Crippen LogP contribution in [0.5, 0.6) is 0 Å². The van der Waals surface area contributed by atoms with E-state index in [2.05, 4.69) is 10.2 Å². The van der Waals surface area contributed by atoms with Crippen LogP contribution in [0.25, 0.3) is 0 Å². The van der Waals surface area contributed by atoms with Crippen LogP contribution < -0.4 is 10.9 Å². The number of piperidine rings is 1. The lowest BCUT2D eigenvalue weighted by molar-refractivity contribution is -0.117. The molecule has 0 spiro atoms. The van der Waals surface area contributed by atoms with Gasteiger partial charge in [0.2, 0.25) is 5.91 Å². The average Bonchev–Trinajstić information content (AvgIpc) is 2.59.